The maximum atomic E-state index is 12.6. The number of carbonyl (C=O) groups is 4. The first-order valence-corrected chi connectivity index (χ1v) is 19.2. The second kappa shape index (κ2) is 17.1. The van der Waals surface area contributed by atoms with E-state index in [2.05, 4.69) is 52.2 Å². The number of carbonyl (C=O) groups excluding carboxylic acids is 3. The van der Waals surface area contributed by atoms with Crippen molar-refractivity contribution < 1.29 is 33.9 Å². The lowest BCUT2D eigenvalue weighted by Crippen LogP contribution is -2.70. The molecule has 0 aliphatic carbocycles. The lowest BCUT2D eigenvalue weighted by atomic mass is 9.77. The van der Waals surface area contributed by atoms with Crippen molar-refractivity contribution >= 4 is 69.8 Å². The van der Waals surface area contributed by atoms with Gasteiger partial charge in [0.25, 0.3) is 11.8 Å². The lowest BCUT2D eigenvalue weighted by molar-refractivity contribution is -0.150. The van der Waals surface area contributed by atoms with Gasteiger partial charge in [-0.25, -0.2) is 14.6 Å². The molecule has 3 heterocycles. The third kappa shape index (κ3) is 8.09. The molecule has 4 aromatic rings. The summed E-state index contributed by atoms with van der Waals surface area (Å²) in [7, 11) is 0. The molecule has 1 fully saturated rings. The molecule has 0 bridgehead atoms. The number of anilines is 1. The van der Waals surface area contributed by atoms with Gasteiger partial charge in [0.15, 0.2) is 5.13 Å². The van der Waals surface area contributed by atoms with E-state index in [9.17, 15) is 24.3 Å². The highest BCUT2D eigenvalue weighted by Crippen LogP contribution is 2.42. The Morgan fingerprint density at radius 3 is 2.19 bits per heavy atom. The van der Waals surface area contributed by atoms with Crippen molar-refractivity contribution in [3.05, 3.63) is 130 Å². The van der Waals surface area contributed by atoms with Crippen molar-refractivity contribution in [2.24, 2.45) is 5.16 Å². The van der Waals surface area contributed by atoms with Crippen molar-refractivity contribution in [2.45, 2.75) is 36.2 Å². The van der Waals surface area contributed by atoms with Gasteiger partial charge in [0.2, 0.25) is 6.61 Å². The van der Waals surface area contributed by atoms with Crippen LogP contribution in [0.2, 0.25) is 0 Å². The molecule has 3 N–H and O–H groups in total. The van der Waals surface area contributed by atoms with E-state index in [1.165, 1.54) is 23.1 Å². The molecule has 1 unspecified atom stereocenters. The third-order valence-corrected chi connectivity index (χ3v) is 11.4. The summed E-state index contributed by atoms with van der Waals surface area (Å²) in [5.41, 5.74) is 3.48. The summed E-state index contributed by atoms with van der Waals surface area (Å²) in [4.78, 5) is 60.3. The number of carboxylic acids is 1. The number of aliphatic carboxylic acids is 1. The molecule has 274 valence electrons. The normalized spacial score (nSPS) is 17.5. The lowest BCUT2D eigenvalue weighted by Gasteiger charge is -2.49. The van der Waals surface area contributed by atoms with E-state index in [1.807, 2.05) is 66.9 Å². The van der Waals surface area contributed by atoms with Crippen LogP contribution in [0.15, 0.2) is 113 Å². The predicted molar refractivity (Wildman–Crippen MR) is 204 cm³/mol. The van der Waals surface area contributed by atoms with Crippen molar-refractivity contribution in [3.63, 3.8) is 0 Å². The Kier molecular flexibility index (Phi) is 12.1. The van der Waals surface area contributed by atoms with Crippen LogP contribution < -0.4 is 10.6 Å². The number of ether oxygens (including phenoxy) is 1. The van der Waals surface area contributed by atoms with E-state index >= 15 is 0 Å². The molecule has 0 radical (unpaired) electrons. The summed E-state index contributed by atoms with van der Waals surface area (Å²) in [6.45, 7) is 1.51. The Labute approximate surface area is 319 Å². The molecule has 2 aliphatic rings. The maximum absolute atomic E-state index is 12.6. The molecule has 2 aliphatic heterocycles. The molecule has 3 aromatic carbocycles. The summed E-state index contributed by atoms with van der Waals surface area (Å²) in [6.07, 6.45) is 1.46. The molecular formula is C38H36ClN5O7S2. The number of aromatic nitrogens is 1. The zero-order chi connectivity index (χ0) is 37.4. The van der Waals surface area contributed by atoms with Gasteiger partial charge in [-0.15, -0.1) is 34.7 Å². The highest BCUT2D eigenvalue weighted by atomic mass is 35.5. The number of halogens is 1. The quantitative estimate of drug-likeness (QED) is 0.0329. The number of β-lactam (4-membered cyclic amide) rings is 1. The number of thiazole rings is 1. The number of nitrogens with zero attached hydrogens (tertiary/aromatic N) is 3. The van der Waals surface area contributed by atoms with Crippen molar-refractivity contribution in [2.75, 3.05) is 30.2 Å². The highest BCUT2D eigenvalue weighted by molar-refractivity contribution is 8.00. The van der Waals surface area contributed by atoms with Crippen molar-refractivity contribution in [1.82, 2.24) is 15.2 Å². The van der Waals surface area contributed by atoms with Crippen LogP contribution in [0.5, 0.6) is 0 Å². The Balaban J connectivity index is 1.04. The number of esters is 1. The minimum atomic E-state index is -1.25. The van der Waals surface area contributed by atoms with Crippen LogP contribution in [0.1, 0.15) is 41.6 Å². The average molecular weight is 774 g/mol. The number of alkyl halides is 1. The number of carboxylic acid groups (broad SMARTS) is 1. The van der Waals surface area contributed by atoms with Gasteiger partial charge in [0.1, 0.15) is 28.9 Å². The first-order chi connectivity index (χ1) is 25.8. The predicted octanol–water partition coefficient (Wildman–Crippen LogP) is 5.56. The number of rotatable bonds is 16. The minimum Gasteiger partial charge on any atom is -0.477 e. The summed E-state index contributed by atoms with van der Waals surface area (Å²) in [5, 5.41) is 21.4. The molecule has 1 aromatic heterocycles. The minimum absolute atomic E-state index is 0.0168. The summed E-state index contributed by atoms with van der Waals surface area (Å²) in [6, 6.07) is 29.7. The zero-order valence-corrected chi connectivity index (χ0v) is 30.9. The Morgan fingerprint density at radius 2 is 1.64 bits per heavy atom. The second-order valence-corrected chi connectivity index (χ2v) is 14.4. The van der Waals surface area contributed by atoms with Gasteiger partial charge in [0.05, 0.1) is 12.3 Å². The molecule has 2 amide bonds. The summed E-state index contributed by atoms with van der Waals surface area (Å²) >= 11 is 8.63. The molecule has 6 rings (SSSR count). The number of amides is 2. The van der Waals surface area contributed by atoms with E-state index in [4.69, 9.17) is 26.2 Å². The SMILES string of the molecule is CCC(COC(=O)CO/N=C\C(=O)N[C@@H]1C(=O)N2C(C(=O)O)=C(CCl)CS[C@H]12)c1csc(NC(c2ccccc2)(c2ccccc2)c2ccccc2)n1. The number of nitrogens with one attached hydrogen (secondary N) is 2. The molecule has 1 saturated heterocycles. The number of hydrogen-bond acceptors (Lipinski definition) is 11. The van der Waals surface area contributed by atoms with Gasteiger partial charge in [-0.3, -0.25) is 14.5 Å². The molecule has 0 spiro atoms. The fourth-order valence-corrected chi connectivity index (χ4v) is 8.80. The molecule has 53 heavy (non-hydrogen) atoms. The van der Waals surface area contributed by atoms with Gasteiger partial charge in [-0.05, 0) is 28.7 Å². The van der Waals surface area contributed by atoms with Crippen LogP contribution in [0.25, 0.3) is 0 Å². The Bertz CT molecular complexity index is 1900. The number of benzene rings is 3. The molecule has 3 atom stereocenters. The van der Waals surface area contributed by atoms with Crippen LogP contribution in [-0.4, -0.2) is 81.2 Å². The van der Waals surface area contributed by atoms with Crippen LogP contribution in [0.4, 0.5) is 5.13 Å². The summed E-state index contributed by atoms with van der Waals surface area (Å²) < 4.78 is 5.48. The van der Waals surface area contributed by atoms with Gasteiger partial charge in [-0.1, -0.05) is 103 Å². The number of fused-ring (bicyclic) bond motifs is 1. The van der Waals surface area contributed by atoms with E-state index < -0.39 is 47.3 Å². The first kappa shape index (κ1) is 37.6. The number of oxime groups is 1. The van der Waals surface area contributed by atoms with E-state index in [1.54, 1.807) is 0 Å². The number of thioether (sulfide) groups is 1. The van der Waals surface area contributed by atoms with Crippen LogP contribution in [-0.2, 0) is 34.3 Å². The largest absolute Gasteiger partial charge is 0.477 e. The molecule has 12 nitrogen and oxygen atoms in total. The average Bonchev–Trinajstić information content (AvgIpc) is 3.66. The topological polar surface area (TPSA) is 160 Å². The fraction of sp³-hybridized carbons (Fsp3) is 0.263. The van der Waals surface area contributed by atoms with E-state index in [0.29, 0.717) is 22.9 Å². The van der Waals surface area contributed by atoms with Crippen molar-refractivity contribution in [3.8, 4) is 0 Å². The first-order valence-electron chi connectivity index (χ1n) is 16.7. The standard InChI is InChI=1S/C38H36ClN5O7S2/c1-2-24(20-50-31(46)21-51-40-19-30(45)42-32-34(47)44-33(36(48)49)25(18-39)22-52-35(32)44)29-23-53-37(41-29)43-38(26-12-6-3-7-13-26,27-14-8-4-9-15-27)28-16-10-5-11-17-28/h3-17,19,23-24,32,35H,2,18,20-22H2,1H3,(H,41,43)(H,42,45)(H,48,49)/b40-19-/t24?,32-,35-/m1/s1. The Hall–Kier alpha value is -5.18. The van der Waals surface area contributed by atoms with E-state index in [-0.39, 0.29) is 24.1 Å². The number of hydrogen-bond donors (Lipinski definition) is 3. The van der Waals surface area contributed by atoms with Gasteiger partial charge in [-0.2, -0.15) is 0 Å². The Morgan fingerprint density at radius 1 is 1.04 bits per heavy atom. The van der Waals surface area contributed by atoms with Crippen molar-refractivity contribution in [1.29, 1.82) is 0 Å². The molecule has 15 heteroatoms. The fourth-order valence-electron chi connectivity index (χ4n) is 6.27. The second-order valence-electron chi connectivity index (χ2n) is 12.1. The van der Waals surface area contributed by atoms with Gasteiger partial charge >= 0.3 is 11.9 Å². The molecule has 0 saturated carbocycles. The van der Waals surface area contributed by atoms with Crippen LogP contribution in [0.3, 0.4) is 0 Å². The smallest absolute Gasteiger partial charge is 0.352 e. The van der Waals surface area contributed by atoms with Crippen LogP contribution >= 0.6 is 34.7 Å². The van der Waals surface area contributed by atoms with Gasteiger partial charge < -0.3 is 25.3 Å². The highest BCUT2D eigenvalue weighted by Gasteiger charge is 2.54. The monoisotopic (exact) mass is 773 g/mol. The zero-order valence-electron chi connectivity index (χ0n) is 28.5. The summed E-state index contributed by atoms with van der Waals surface area (Å²) in [5.74, 6) is -3.12. The maximum Gasteiger partial charge on any atom is 0.352 e. The molecular weight excluding hydrogens is 738 g/mol. The van der Waals surface area contributed by atoms with Crippen LogP contribution in [0, 0.1) is 0 Å². The van der Waals surface area contributed by atoms with E-state index in [0.717, 1.165) is 33.5 Å². The van der Waals surface area contributed by atoms with Gasteiger partial charge in [0, 0.05) is 22.9 Å². The third-order valence-electron chi connectivity index (χ3n) is 8.93.